The van der Waals surface area contributed by atoms with Gasteiger partial charge in [0.25, 0.3) is 5.69 Å². The summed E-state index contributed by atoms with van der Waals surface area (Å²) >= 11 is 3.41. The van der Waals surface area contributed by atoms with Gasteiger partial charge in [0.1, 0.15) is 0 Å². The highest BCUT2D eigenvalue weighted by atomic mass is 79.9. The van der Waals surface area contributed by atoms with Crippen molar-refractivity contribution in [3.63, 3.8) is 0 Å². The Morgan fingerprint density at radius 3 is 3.00 bits per heavy atom. The SMILES string of the molecule is COCC1CCN(c2ccc([N+](=O)[O-])cc2CBr)C1. The van der Waals surface area contributed by atoms with E-state index in [-0.39, 0.29) is 10.6 Å². The Morgan fingerprint density at radius 1 is 1.58 bits per heavy atom. The molecule has 1 aromatic carbocycles. The van der Waals surface area contributed by atoms with Crippen LogP contribution < -0.4 is 4.90 Å². The molecule has 1 aliphatic rings. The van der Waals surface area contributed by atoms with E-state index in [4.69, 9.17) is 4.74 Å². The third-order valence-electron chi connectivity index (χ3n) is 3.45. The molecule has 1 fully saturated rings. The number of hydrogen-bond acceptors (Lipinski definition) is 4. The van der Waals surface area contributed by atoms with Gasteiger partial charge < -0.3 is 9.64 Å². The Kier molecular flexibility index (Phi) is 4.76. The summed E-state index contributed by atoms with van der Waals surface area (Å²) in [5.74, 6) is 0.545. The molecule has 0 bridgehead atoms. The smallest absolute Gasteiger partial charge is 0.269 e. The maximum atomic E-state index is 10.8. The van der Waals surface area contributed by atoms with Gasteiger partial charge in [0.15, 0.2) is 0 Å². The van der Waals surface area contributed by atoms with E-state index >= 15 is 0 Å². The van der Waals surface area contributed by atoms with E-state index in [1.807, 2.05) is 6.07 Å². The molecule has 1 aromatic rings. The van der Waals surface area contributed by atoms with Gasteiger partial charge >= 0.3 is 0 Å². The number of hydrogen-bond donors (Lipinski definition) is 0. The number of methoxy groups -OCH3 is 1. The second-order valence-corrected chi connectivity index (χ2v) is 5.32. The minimum absolute atomic E-state index is 0.144. The fraction of sp³-hybridized carbons (Fsp3) is 0.538. The molecule has 0 amide bonds. The Balaban J connectivity index is 2.18. The van der Waals surface area contributed by atoms with Crippen LogP contribution in [0, 0.1) is 16.0 Å². The lowest BCUT2D eigenvalue weighted by molar-refractivity contribution is -0.384. The number of nitro benzene ring substituents is 1. The zero-order chi connectivity index (χ0) is 13.8. The molecule has 2 rings (SSSR count). The fourth-order valence-corrected chi connectivity index (χ4v) is 2.97. The molecular weight excluding hydrogens is 312 g/mol. The standard InChI is InChI=1S/C13H17BrN2O3/c1-19-9-10-4-5-15(8-10)13-3-2-12(16(17)18)6-11(13)7-14/h2-3,6,10H,4-5,7-9H2,1H3. The quantitative estimate of drug-likeness (QED) is 0.473. The molecule has 0 spiro atoms. The Bertz CT molecular complexity index is 467. The van der Waals surface area contributed by atoms with Crippen LogP contribution in [0.5, 0.6) is 0 Å². The second-order valence-electron chi connectivity index (χ2n) is 4.76. The predicted molar refractivity (Wildman–Crippen MR) is 77.9 cm³/mol. The van der Waals surface area contributed by atoms with E-state index in [0.717, 1.165) is 37.4 Å². The van der Waals surface area contributed by atoms with Crippen LogP contribution in [0.3, 0.4) is 0 Å². The number of nitro groups is 1. The van der Waals surface area contributed by atoms with E-state index in [1.165, 1.54) is 0 Å². The van der Waals surface area contributed by atoms with Crippen LogP contribution in [0.15, 0.2) is 18.2 Å². The predicted octanol–water partition coefficient (Wildman–Crippen LogP) is 2.96. The van der Waals surface area contributed by atoms with E-state index in [0.29, 0.717) is 11.2 Å². The molecule has 1 atom stereocenters. The molecule has 1 saturated heterocycles. The summed E-state index contributed by atoms with van der Waals surface area (Å²) in [6.07, 6.45) is 1.10. The molecule has 1 aliphatic heterocycles. The van der Waals surface area contributed by atoms with Crippen molar-refractivity contribution in [1.29, 1.82) is 0 Å². The van der Waals surface area contributed by atoms with Crippen molar-refractivity contribution >= 4 is 27.3 Å². The van der Waals surface area contributed by atoms with Crippen molar-refractivity contribution < 1.29 is 9.66 Å². The van der Waals surface area contributed by atoms with E-state index in [2.05, 4.69) is 20.8 Å². The number of non-ortho nitro benzene ring substituents is 1. The van der Waals surface area contributed by atoms with Gasteiger partial charge in [-0.3, -0.25) is 10.1 Å². The molecule has 1 heterocycles. The summed E-state index contributed by atoms with van der Waals surface area (Å²) in [5, 5.41) is 11.4. The molecule has 0 aliphatic carbocycles. The monoisotopic (exact) mass is 328 g/mol. The third kappa shape index (κ3) is 3.25. The van der Waals surface area contributed by atoms with Crippen molar-refractivity contribution in [3.8, 4) is 0 Å². The first-order chi connectivity index (χ1) is 9.15. The highest BCUT2D eigenvalue weighted by Crippen LogP contribution is 2.31. The third-order valence-corrected chi connectivity index (χ3v) is 4.05. The highest BCUT2D eigenvalue weighted by Gasteiger charge is 2.24. The summed E-state index contributed by atoms with van der Waals surface area (Å²) in [6.45, 7) is 2.70. The normalized spacial score (nSPS) is 18.8. The highest BCUT2D eigenvalue weighted by molar-refractivity contribution is 9.08. The van der Waals surface area contributed by atoms with E-state index in [9.17, 15) is 10.1 Å². The molecule has 6 heteroatoms. The Labute approximate surface area is 120 Å². The number of halogens is 1. The van der Waals surface area contributed by atoms with Crippen LogP contribution in [0.2, 0.25) is 0 Å². The Morgan fingerprint density at radius 2 is 2.37 bits per heavy atom. The van der Waals surface area contributed by atoms with Crippen LogP contribution >= 0.6 is 15.9 Å². The molecule has 0 N–H and O–H groups in total. The first-order valence-electron chi connectivity index (χ1n) is 6.23. The molecule has 0 saturated carbocycles. The van der Waals surface area contributed by atoms with Gasteiger partial charge in [-0.1, -0.05) is 15.9 Å². The number of rotatable bonds is 5. The zero-order valence-electron chi connectivity index (χ0n) is 10.8. The van der Waals surface area contributed by atoms with Crippen molar-refractivity contribution in [2.24, 2.45) is 5.92 Å². The molecule has 0 aromatic heterocycles. The zero-order valence-corrected chi connectivity index (χ0v) is 12.4. The van der Waals surface area contributed by atoms with E-state index in [1.54, 1.807) is 19.2 Å². The maximum Gasteiger partial charge on any atom is 0.269 e. The van der Waals surface area contributed by atoms with Gasteiger partial charge in [0.05, 0.1) is 11.5 Å². The molecular formula is C13H17BrN2O3. The Hall–Kier alpha value is -1.14. The molecule has 5 nitrogen and oxygen atoms in total. The van der Waals surface area contributed by atoms with Crippen LogP contribution in [0.4, 0.5) is 11.4 Å². The molecule has 0 radical (unpaired) electrons. The fourth-order valence-electron chi connectivity index (χ4n) is 2.52. The second kappa shape index (κ2) is 6.34. The topological polar surface area (TPSA) is 55.6 Å². The number of benzene rings is 1. The van der Waals surface area contributed by atoms with Crippen molar-refractivity contribution in [2.75, 3.05) is 31.7 Å². The minimum atomic E-state index is -0.354. The van der Waals surface area contributed by atoms with Crippen LogP contribution in [0.25, 0.3) is 0 Å². The summed E-state index contributed by atoms with van der Waals surface area (Å²) in [6, 6.07) is 5.07. The van der Waals surface area contributed by atoms with Crippen LogP contribution in [-0.4, -0.2) is 31.7 Å². The minimum Gasteiger partial charge on any atom is -0.384 e. The van der Waals surface area contributed by atoms with Gasteiger partial charge in [-0.2, -0.15) is 0 Å². The lowest BCUT2D eigenvalue weighted by Crippen LogP contribution is -2.22. The van der Waals surface area contributed by atoms with Crippen molar-refractivity contribution in [3.05, 3.63) is 33.9 Å². The summed E-state index contributed by atoms with van der Waals surface area (Å²) < 4.78 is 5.19. The lowest BCUT2D eigenvalue weighted by Gasteiger charge is -2.21. The molecule has 104 valence electrons. The molecule has 19 heavy (non-hydrogen) atoms. The van der Waals surface area contributed by atoms with Crippen LogP contribution in [-0.2, 0) is 10.1 Å². The van der Waals surface area contributed by atoms with Gasteiger partial charge in [-0.05, 0) is 18.1 Å². The van der Waals surface area contributed by atoms with E-state index < -0.39 is 0 Å². The number of alkyl halides is 1. The lowest BCUT2D eigenvalue weighted by atomic mass is 10.1. The van der Waals surface area contributed by atoms with Gasteiger partial charge in [0.2, 0.25) is 0 Å². The number of nitrogens with zero attached hydrogens (tertiary/aromatic N) is 2. The van der Waals surface area contributed by atoms with Gasteiger partial charge in [-0.15, -0.1) is 0 Å². The van der Waals surface area contributed by atoms with Gasteiger partial charge in [0, 0.05) is 49.3 Å². The summed E-state index contributed by atoms with van der Waals surface area (Å²) in [7, 11) is 1.72. The summed E-state index contributed by atoms with van der Waals surface area (Å²) in [5.41, 5.74) is 2.19. The largest absolute Gasteiger partial charge is 0.384 e. The first kappa shape index (κ1) is 14.3. The number of anilines is 1. The first-order valence-corrected chi connectivity index (χ1v) is 7.35. The van der Waals surface area contributed by atoms with Crippen LogP contribution in [0.1, 0.15) is 12.0 Å². The van der Waals surface area contributed by atoms with Crippen molar-refractivity contribution in [1.82, 2.24) is 0 Å². The number of ether oxygens (including phenoxy) is 1. The maximum absolute atomic E-state index is 10.8. The molecule has 1 unspecified atom stereocenters. The average Bonchev–Trinajstić information content (AvgIpc) is 2.86. The van der Waals surface area contributed by atoms with Crippen molar-refractivity contribution in [2.45, 2.75) is 11.8 Å². The van der Waals surface area contributed by atoms with Gasteiger partial charge in [-0.25, -0.2) is 0 Å². The average molecular weight is 329 g/mol. The summed E-state index contributed by atoms with van der Waals surface area (Å²) in [4.78, 5) is 12.7.